The summed E-state index contributed by atoms with van der Waals surface area (Å²) in [6, 6.07) is 13.9. The van der Waals surface area contributed by atoms with E-state index in [0.717, 1.165) is 59.3 Å². The fourth-order valence-electron chi connectivity index (χ4n) is 4.29. The summed E-state index contributed by atoms with van der Waals surface area (Å²) in [5.41, 5.74) is 11.0. The lowest BCUT2D eigenvalue weighted by molar-refractivity contribution is 0.146. The van der Waals surface area contributed by atoms with Crippen LogP contribution in [0.4, 0.5) is 11.4 Å². The Morgan fingerprint density at radius 2 is 1.81 bits per heavy atom. The first-order valence-electron chi connectivity index (χ1n) is 11.1. The molecule has 0 amide bonds. The number of nitrogens with two attached hydrogens (primary N) is 1. The first-order valence-corrected chi connectivity index (χ1v) is 12.7. The van der Waals surface area contributed by atoms with Crippen molar-refractivity contribution in [1.82, 2.24) is 4.57 Å². The standard InChI is InChI=1S/C24H29N3O4S/c1-30-13-14-31-19-9-12-21-22(15-19)27(18-3-2-4-18)24(23(21)25)16-5-7-17(8-6-16)26-32(28,29)20-10-11-20/h5-9,12,15,18,20,26H,2-4,10-11,13-14,25H2,1H3. The van der Waals surface area contributed by atoms with E-state index >= 15 is 0 Å². The van der Waals surface area contributed by atoms with Crippen LogP contribution in [0.2, 0.25) is 0 Å². The lowest BCUT2D eigenvalue weighted by atomic mass is 9.92. The van der Waals surface area contributed by atoms with Crippen LogP contribution in [0, 0.1) is 0 Å². The SMILES string of the molecule is COCCOc1ccc2c(N)c(-c3ccc(NS(=O)(=O)C4CC4)cc3)n(C3CCC3)c2c1. The molecule has 0 bridgehead atoms. The molecule has 0 aliphatic heterocycles. The normalized spacial score (nSPS) is 16.8. The third-order valence-corrected chi connectivity index (χ3v) is 8.26. The highest BCUT2D eigenvalue weighted by molar-refractivity contribution is 7.93. The van der Waals surface area contributed by atoms with Crippen molar-refractivity contribution in [2.24, 2.45) is 0 Å². The number of hydrogen-bond donors (Lipinski definition) is 2. The Bertz CT molecular complexity index is 1230. The number of nitrogen functional groups attached to an aromatic ring is 1. The van der Waals surface area contributed by atoms with Gasteiger partial charge in [-0.15, -0.1) is 0 Å². The number of rotatable bonds is 9. The summed E-state index contributed by atoms with van der Waals surface area (Å²) in [4.78, 5) is 0. The van der Waals surface area contributed by atoms with Crippen LogP contribution in [0.25, 0.3) is 22.2 Å². The van der Waals surface area contributed by atoms with Crippen molar-refractivity contribution in [3.05, 3.63) is 42.5 Å². The molecule has 2 aromatic carbocycles. The molecule has 32 heavy (non-hydrogen) atoms. The Kier molecular flexibility index (Phi) is 5.51. The second-order valence-corrected chi connectivity index (χ2v) is 10.6. The minimum atomic E-state index is -3.28. The zero-order chi connectivity index (χ0) is 22.3. The minimum absolute atomic E-state index is 0.251. The van der Waals surface area contributed by atoms with E-state index in [1.54, 1.807) is 7.11 Å². The monoisotopic (exact) mass is 455 g/mol. The zero-order valence-electron chi connectivity index (χ0n) is 18.2. The van der Waals surface area contributed by atoms with Crippen LogP contribution in [0.15, 0.2) is 42.5 Å². The van der Waals surface area contributed by atoms with Gasteiger partial charge in [0.1, 0.15) is 12.4 Å². The molecule has 5 rings (SSSR count). The smallest absolute Gasteiger partial charge is 0.235 e. The number of nitrogens with one attached hydrogen (secondary N) is 1. The maximum Gasteiger partial charge on any atom is 0.235 e. The summed E-state index contributed by atoms with van der Waals surface area (Å²) in [7, 11) is -1.62. The second-order valence-electron chi connectivity index (χ2n) is 8.66. The Morgan fingerprint density at radius 3 is 2.44 bits per heavy atom. The van der Waals surface area contributed by atoms with E-state index in [4.69, 9.17) is 15.2 Å². The largest absolute Gasteiger partial charge is 0.491 e. The molecule has 3 aromatic rings. The maximum absolute atomic E-state index is 12.2. The van der Waals surface area contributed by atoms with Gasteiger partial charge in [-0.25, -0.2) is 8.42 Å². The predicted molar refractivity (Wildman–Crippen MR) is 128 cm³/mol. The Balaban J connectivity index is 1.51. The molecule has 2 aliphatic carbocycles. The van der Waals surface area contributed by atoms with Crippen LogP contribution >= 0.6 is 0 Å². The molecule has 0 unspecified atom stereocenters. The number of nitrogens with zero attached hydrogens (tertiary/aromatic N) is 1. The van der Waals surface area contributed by atoms with E-state index in [9.17, 15) is 8.42 Å². The van der Waals surface area contributed by atoms with Gasteiger partial charge >= 0.3 is 0 Å². The van der Waals surface area contributed by atoms with Gasteiger partial charge in [0.2, 0.25) is 10.0 Å². The van der Waals surface area contributed by atoms with Crippen molar-refractivity contribution < 1.29 is 17.9 Å². The Hall–Kier alpha value is -2.71. The van der Waals surface area contributed by atoms with Crippen LogP contribution in [0.1, 0.15) is 38.1 Å². The molecule has 1 heterocycles. The van der Waals surface area contributed by atoms with Gasteiger partial charge in [0.05, 0.1) is 28.8 Å². The molecule has 0 spiro atoms. The molecule has 2 saturated carbocycles. The number of methoxy groups -OCH3 is 1. The first kappa shape index (κ1) is 21.2. The van der Waals surface area contributed by atoms with Crippen LogP contribution in [0.3, 0.4) is 0 Å². The van der Waals surface area contributed by atoms with Crippen LogP contribution in [0.5, 0.6) is 5.75 Å². The number of sulfonamides is 1. The predicted octanol–water partition coefficient (Wildman–Crippen LogP) is 4.54. The average Bonchev–Trinajstić information content (AvgIpc) is 3.56. The van der Waals surface area contributed by atoms with E-state index in [2.05, 4.69) is 15.4 Å². The molecular weight excluding hydrogens is 426 g/mol. The molecule has 8 heteroatoms. The third-order valence-electron chi connectivity index (χ3n) is 6.39. The number of benzene rings is 2. The second kappa shape index (κ2) is 8.33. The van der Waals surface area contributed by atoms with E-state index in [1.165, 1.54) is 6.42 Å². The summed E-state index contributed by atoms with van der Waals surface area (Å²) in [6.07, 6.45) is 4.91. The number of anilines is 2. The third kappa shape index (κ3) is 3.93. The molecule has 170 valence electrons. The molecule has 0 radical (unpaired) electrons. The number of fused-ring (bicyclic) bond motifs is 1. The van der Waals surface area contributed by atoms with Gasteiger partial charge in [0.25, 0.3) is 0 Å². The number of aromatic nitrogens is 1. The number of hydrogen-bond acceptors (Lipinski definition) is 5. The molecule has 1 aromatic heterocycles. The summed E-state index contributed by atoms with van der Waals surface area (Å²) in [5.74, 6) is 0.795. The van der Waals surface area contributed by atoms with Gasteiger partial charge in [-0.05, 0) is 56.4 Å². The van der Waals surface area contributed by atoms with Gasteiger partial charge in [-0.2, -0.15) is 0 Å². The molecule has 0 atom stereocenters. The molecule has 0 saturated heterocycles. The average molecular weight is 456 g/mol. The molecular formula is C24H29N3O4S. The lowest BCUT2D eigenvalue weighted by Crippen LogP contribution is -2.18. The first-order chi connectivity index (χ1) is 15.5. The highest BCUT2D eigenvalue weighted by Crippen LogP contribution is 2.45. The molecule has 7 nitrogen and oxygen atoms in total. The van der Waals surface area contributed by atoms with Crippen molar-refractivity contribution >= 4 is 32.3 Å². The van der Waals surface area contributed by atoms with Gasteiger partial charge in [0, 0.05) is 35.9 Å². The minimum Gasteiger partial charge on any atom is -0.491 e. The fourth-order valence-corrected chi connectivity index (χ4v) is 5.68. The summed E-state index contributed by atoms with van der Waals surface area (Å²) < 4.78 is 40.5. The summed E-state index contributed by atoms with van der Waals surface area (Å²) in [5, 5.41) is 0.753. The lowest BCUT2D eigenvalue weighted by Gasteiger charge is -2.30. The molecule has 3 N–H and O–H groups in total. The summed E-state index contributed by atoms with van der Waals surface area (Å²) in [6.45, 7) is 1.03. The van der Waals surface area contributed by atoms with Gasteiger partial charge in [-0.3, -0.25) is 4.72 Å². The van der Waals surface area contributed by atoms with Crippen LogP contribution < -0.4 is 15.2 Å². The van der Waals surface area contributed by atoms with Crippen molar-refractivity contribution in [2.45, 2.75) is 43.4 Å². The van der Waals surface area contributed by atoms with E-state index in [0.29, 0.717) is 24.9 Å². The van der Waals surface area contributed by atoms with E-state index in [-0.39, 0.29) is 5.25 Å². The van der Waals surface area contributed by atoms with Gasteiger partial charge in [-0.1, -0.05) is 12.1 Å². The topological polar surface area (TPSA) is 95.6 Å². The fraction of sp³-hybridized carbons (Fsp3) is 0.417. The van der Waals surface area contributed by atoms with Crippen LogP contribution in [-0.2, 0) is 14.8 Å². The quantitative estimate of drug-likeness (QED) is 0.462. The van der Waals surface area contributed by atoms with Crippen molar-refractivity contribution in [3.63, 3.8) is 0 Å². The zero-order valence-corrected chi connectivity index (χ0v) is 19.0. The van der Waals surface area contributed by atoms with Crippen molar-refractivity contribution in [2.75, 3.05) is 30.8 Å². The van der Waals surface area contributed by atoms with Crippen molar-refractivity contribution in [1.29, 1.82) is 0 Å². The molecule has 2 fully saturated rings. The highest BCUT2D eigenvalue weighted by atomic mass is 32.2. The van der Waals surface area contributed by atoms with Crippen LogP contribution in [-0.4, -0.2) is 38.6 Å². The van der Waals surface area contributed by atoms with Gasteiger partial charge < -0.3 is 19.8 Å². The maximum atomic E-state index is 12.2. The Morgan fingerprint density at radius 1 is 1.06 bits per heavy atom. The Labute approximate surface area is 188 Å². The van der Waals surface area contributed by atoms with Crippen molar-refractivity contribution in [3.8, 4) is 17.0 Å². The summed E-state index contributed by atoms with van der Waals surface area (Å²) >= 11 is 0. The molecule has 2 aliphatic rings. The van der Waals surface area contributed by atoms with Gasteiger partial charge in [0.15, 0.2) is 0 Å². The van der Waals surface area contributed by atoms with E-state index < -0.39 is 10.0 Å². The van der Waals surface area contributed by atoms with E-state index in [1.807, 2.05) is 36.4 Å². The number of ether oxygens (including phenoxy) is 2. The highest BCUT2D eigenvalue weighted by Gasteiger charge is 2.35.